The van der Waals surface area contributed by atoms with Gasteiger partial charge in [0, 0.05) is 5.39 Å². The molecule has 0 bridgehead atoms. The lowest BCUT2D eigenvalue weighted by molar-refractivity contribution is -0.216. The number of hydrogen-bond donors (Lipinski definition) is 3. The van der Waals surface area contributed by atoms with Crippen LogP contribution in [0.1, 0.15) is 46.4 Å². The number of carbonyl (C=O) groups excluding carboxylic acids is 1. The van der Waals surface area contributed by atoms with Gasteiger partial charge in [-0.3, -0.25) is 23.7 Å². The Kier molecular flexibility index (Phi) is 9.44. The van der Waals surface area contributed by atoms with E-state index in [9.17, 15) is 14.2 Å². The molecule has 5 aromatic rings. The van der Waals surface area contributed by atoms with E-state index in [1.54, 1.807) is 51.3 Å². The van der Waals surface area contributed by atoms with E-state index in [0.717, 1.165) is 10.9 Å². The smallest absolute Gasteiger partial charge is 0.459 e. The minimum Gasteiger partial charge on any atom is -0.460 e. The lowest BCUT2D eigenvalue weighted by Crippen LogP contribution is -2.43. The van der Waals surface area contributed by atoms with Gasteiger partial charge in [-0.15, -0.1) is 0 Å². The number of anilines is 1. The van der Waals surface area contributed by atoms with Crippen LogP contribution in [0.5, 0.6) is 5.75 Å². The van der Waals surface area contributed by atoms with Crippen molar-refractivity contribution in [3.63, 3.8) is 0 Å². The van der Waals surface area contributed by atoms with Crippen LogP contribution in [0.3, 0.4) is 0 Å². The van der Waals surface area contributed by atoms with Gasteiger partial charge in [-0.25, -0.2) is 9.55 Å². The number of hydrogen-bond acceptors (Lipinski definition) is 12. The van der Waals surface area contributed by atoms with Crippen molar-refractivity contribution < 1.29 is 37.4 Å². The van der Waals surface area contributed by atoms with E-state index in [-0.39, 0.29) is 42.0 Å². The first-order valence-electron chi connectivity index (χ1n) is 16.9. The van der Waals surface area contributed by atoms with E-state index >= 15 is 0 Å². The van der Waals surface area contributed by atoms with E-state index in [2.05, 4.69) is 20.0 Å². The van der Waals surface area contributed by atoms with E-state index < -0.39 is 55.1 Å². The van der Waals surface area contributed by atoms with Crippen LogP contribution in [0.4, 0.5) is 5.95 Å². The Morgan fingerprint density at radius 3 is 2.58 bits per heavy atom. The summed E-state index contributed by atoms with van der Waals surface area (Å²) in [4.78, 5) is 37.1. The summed E-state index contributed by atoms with van der Waals surface area (Å²) in [5.41, 5.74) is 5.26. The van der Waals surface area contributed by atoms with Gasteiger partial charge in [0.1, 0.15) is 36.2 Å². The molecule has 274 valence electrons. The molecule has 2 aliphatic heterocycles. The van der Waals surface area contributed by atoms with Crippen LogP contribution in [-0.4, -0.2) is 61.7 Å². The lowest BCUT2D eigenvalue weighted by atomic mass is 9.96. The average Bonchev–Trinajstić information content (AvgIpc) is 3.71. The van der Waals surface area contributed by atoms with E-state index in [1.165, 1.54) is 6.33 Å². The topological polar surface area (TPSA) is 191 Å². The number of rotatable bonds is 12. The number of nitrogens with zero attached hydrogens (tertiary/aromatic N) is 3. The maximum absolute atomic E-state index is 15.0. The second-order valence-electron chi connectivity index (χ2n) is 13.8. The van der Waals surface area contributed by atoms with Gasteiger partial charge in [0.05, 0.1) is 12.9 Å². The molecule has 0 radical (unpaired) electrons. The zero-order valence-electron chi connectivity index (χ0n) is 29.3. The highest BCUT2D eigenvalue weighted by Gasteiger charge is 2.64. The number of nitrogen functional groups attached to an aromatic ring is 1. The van der Waals surface area contributed by atoms with Gasteiger partial charge in [0.15, 0.2) is 23.2 Å². The standard InChI is InChI=1S/C36H41N6O9P/c1-21(2)27(32(44)46-18-22-12-7-6-8-13-22)41-52(45,50-25-17-11-15-23-14-9-10-16-24(23)25)47-19-26-29-36(5,51-35(3,4)49-29)33(48-26)42-20-38-28-30(42)39-34(37)40-31(28)43/h6-17,20-21,26-27,29,33H,18-19H2,1-5H3,(H,41,45)(H3,37,39,40,43)/t26-,27-,29-,33-,36-,52?/m1/s1. The molecule has 4 N–H and O–H groups in total. The molecule has 0 saturated carbocycles. The highest BCUT2D eigenvalue weighted by atomic mass is 31.2. The summed E-state index contributed by atoms with van der Waals surface area (Å²) in [5.74, 6) is -1.87. The quantitative estimate of drug-likeness (QED) is 0.112. The number of aromatic nitrogens is 4. The molecule has 2 aliphatic rings. The Morgan fingerprint density at radius 2 is 1.81 bits per heavy atom. The Morgan fingerprint density at radius 1 is 1.08 bits per heavy atom. The summed E-state index contributed by atoms with van der Waals surface area (Å²) >= 11 is 0. The monoisotopic (exact) mass is 732 g/mol. The number of benzene rings is 3. The summed E-state index contributed by atoms with van der Waals surface area (Å²) in [6.45, 7) is 8.64. The summed E-state index contributed by atoms with van der Waals surface area (Å²) in [7, 11) is -4.40. The van der Waals surface area contributed by atoms with Gasteiger partial charge in [0.25, 0.3) is 5.56 Å². The number of esters is 1. The third-order valence-corrected chi connectivity index (χ3v) is 10.6. The summed E-state index contributed by atoms with van der Waals surface area (Å²) in [5, 5.41) is 4.44. The fraction of sp³-hybridized carbons (Fsp3) is 0.389. The second kappa shape index (κ2) is 13.7. The van der Waals surface area contributed by atoms with Crippen LogP contribution in [0.15, 0.2) is 83.9 Å². The summed E-state index contributed by atoms with van der Waals surface area (Å²) < 4.78 is 53.9. The average molecular weight is 733 g/mol. The zero-order chi connectivity index (χ0) is 36.8. The number of imidazole rings is 1. The second-order valence-corrected chi connectivity index (χ2v) is 15.5. The zero-order valence-corrected chi connectivity index (χ0v) is 30.2. The van der Waals surface area contributed by atoms with Crippen molar-refractivity contribution in [3.8, 4) is 5.75 Å². The van der Waals surface area contributed by atoms with Gasteiger partial charge in [0.2, 0.25) is 5.95 Å². The van der Waals surface area contributed by atoms with E-state index in [1.807, 2.05) is 60.7 Å². The molecule has 2 fully saturated rings. The summed E-state index contributed by atoms with van der Waals surface area (Å²) in [6.07, 6.45) is -1.15. The van der Waals surface area contributed by atoms with Crippen molar-refractivity contribution in [3.05, 3.63) is 95.0 Å². The Balaban J connectivity index is 1.20. The number of carbonyl (C=O) groups is 1. The molecule has 0 spiro atoms. The minimum absolute atomic E-state index is 0.0277. The molecule has 6 atom stereocenters. The predicted octanol–water partition coefficient (Wildman–Crippen LogP) is 5.22. The largest absolute Gasteiger partial charge is 0.460 e. The molecule has 0 aliphatic carbocycles. The van der Waals surface area contributed by atoms with Crippen LogP contribution in [0.25, 0.3) is 21.9 Å². The molecule has 15 nitrogen and oxygen atoms in total. The minimum atomic E-state index is -4.40. The van der Waals surface area contributed by atoms with E-state index in [4.69, 9.17) is 33.7 Å². The number of H-pyrrole nitrogens is 1. The van der Waals surface area contributed by atoms with Crippen molar-refractivity contribution in [2.75, 3.05) is 12.3 Å². The third kappa shape index (κ3) is 6.95. The number of ether oxygens (including phenoxy) is 4. The molecular weight excluding hydrogens is 691 g/mol. The fourth-order valence-electron chi connectivity index (χ4n) is 6.75. The van der Waals surface area contributed by atoms with Gasteiger partial charge >= 0.3 is 13.7 Å². The van der Waals surface area contributed by atoms with E-state index in [0.29, 0.717) is 5.39 Å². The molecule has 2 saturated heterocycles. The van der Waals surface area contributed by atoms with Crippen LogP contribution in [-0.2, 0) is 39.4 Å². The first-order valence-corrected chi connectivity index (χ1v) is 18.5. The molecule has 4 heterocycles. The molecule has 16 heteroatoms. The fourth-order valence-corrected chi connectivity index (χ4v) is 8.44. The third-order valence-electron chi connectivity index (χ3n) is 9.10. The highest BCUT2D eigenvalue weighted by Crippen LogP contribution is 2.53. The Bertz CT molecular complexity index is 2200. The predicted molar refractivity (Wildman–Crippen MR) is 191 cm³/mol. The molecule has 1 unspecified atom stereocenters. The molecule has 52 heavy (non-hydrogen) atoms. The molecule has 0 amide bonds. The van der Waals surface area contributed by atoms with Gasteiger partial charge in [-0.2, -0.15) is 10.1 Å². The maximum Gasteiger partial charge on any atom is 0.459 e. The Labute approximate surface area is 299 Å². The molecule has 3 aromatic carbocycles. The normalized spacial score (nSPS) is 24.2. The van der Waals surface area contributed by atoms with Crippen molar-refractivity contribution in [2.24, 2.45) is 5.92 Å². The van der Waals surface area contributed by atoms with Gasteiger partial charge in [-0.1, -0.05) is 80.6 Å². The van der Waals surface area contributed by atoms with Crippen LogP contribution >= 0.6 is 7.75 Å². The highest BCUT2D eigenvalue weighted by molar-refractivity contribution is 7.52. The van der Waals surface area contributed by atoms with Crippen LogP contribution < -0.4 is 20.9 Å². The molecular formula is C36H41N6O9P. The number of nitrogens with one attached hydrogen (secondary N) is 2. The molecule has 7 rings (SSSR count). The molecule has 2 aromatic heterocycles. The van der Waals surface area contributed by atoms with Crippen LogP contribution in [0.2, 0.25) is 0 Å². The number of aromatic amines is 1. The van der Waals surface area contributed by atoms with Crippen molar-refractivity contribution in [2.45, 2.75) is 77.1 Å². The maximum atomic E-state index is 15.0. The summed E-state index contributed by atoms with van der Waals surface area (Å²) in [6, 6.07) is 21.0. The van der Waals surface area contributed by atoms with Crippen LogP contribution in [0, 0.1) is 5.92 Å². The van der Waals surface area contributed by atoms with Gasteiger partial charge in [-0.05, 0) is 43.7 Å². The Hall–Kier alpha value is -4.63. The van der Waals surface area contributed by atoms with Gasteiger partial charge < -0.3 is 29.2 Å². The first-order chi connectivity index (χ1) is 24.8. The van der Waals surface area contributed by atoms with Crippen molar-refractivity contribution >= 4 is 41.6 Å². The SMILES string of the molecule is CC(C)[C@@H](NP(=O)(OC[C@H]1O[C@@H](n2cnc3c(=O)[nH]c(N)nc32)[C@]2(C)OC(C)(C)O[C@H]12)Oc1cccc2ccccc12)C(=O)OCc1ccccc1. The van der Waals surface area contributed by atoms with Crippen molar-refractivity contribution in [1.29, 1.82) is 0 Å². The van der Waals surface area contributed by atoms with Crippen molar-refractivity contribution in [1.82, 2.24) is 24.6 Å². The first kappa shape index (κ1) is 35.8. The number of nitrogens with two attached hydrogens (primary N) is 1. The number of fused-ring (bicyclic) bond motifs is 3. The lowest BCUT2D eigenvalue weighted by Gasteiger charge is -2.30.